The second-order valence-electron chi connectivity index (χ2n) is 12.6. The molecule has 2 aromatic rings. The number of ether oxygens (including phenoxy) is 1. The van der Waals surface area contributed by atoms with Gasteiger partial charge in [0.15, 0.2) is 0 Å². The van der Waals surface area contributed by atoms with E-state index in [1.165, 1.54) is 0 Å². The van der Waals surface area contributed by atoms with E-state index in [1.807, 2.05) is 55.5 Å². The van der Waals surface area contributed by atoms with E-state index in [4.69, 9.17) is 14.5 Å². The van der Waals surface area contributed by atoms with Crippen molar-refractivity contribution in [1.29, 1.82) is 0 Å². The molecule has 270 valence electrons. The number of ketones is 1. The van der Waals surface area contributed by atoms with Gasteiger partial charge in [0.25, 0.3) is 0 Å². The van der Waals surface area contributed by atoms with E-state index in [2.05, 4.69) is 21.9 Å². The lowest BCUT2D eigenvalue weighted by Gasteiger charge is -2.21. The number of aliphatic hydroxyl groups excluding tert-OH is 1. The monoisotopic (exact) mass is 702 g/mol. The van der Waals surface area contributed by atoms with Crippen LogP contribution in [0.2, 0.25) is 0 Å². The van der Waals surface area contributed by atoms with Gasteiger partial charge in [-0.3, -0.25) is 14.1 Å². The molecule has 0 aliphatic heterocycles. The number of phosphoric ester groups is 1. The zero-order chi connectivity index (χ0) is 35.6. The summed E-state index contributed by atoms with van der Waals surface area (Å²) < 4.78 is 25.3. The Hall–Kier alpha value is -3.38. The van der Waals surface area contributed by atoms with Crippen LogP contribution in [0, 0.1) is 18.8 Å². The fraction of sp³-hybridized carbons (Fsp3) is 0.528. The summed E-state index contributed by atoms with van der Waals surface area (Å²) in [6.07, 6.45) is 6.15. The number of carbonyl (C=O) groups is 3. The highest BCUT2D eigenvalue weighted by Crippen LogP contribution is 2.44. The number of amides is 2. The second kappa shape index (κ2) is 21.0. The molecule has 0 spiro atoms. The SMILES string of the molecule is C=Cc1ccccc1CC(OC(=O)NCCCCCC(=O)NCCCCCC(=O)C1C[C@H](O)C[C@H]1COP(=O)(O)OO)c1ccccc1C. The van der Waals surface area contributed by atoms with Crippen LogP contribution in [-0.4, -0.2) is 58.8 Å². The lowest BCUT2D eigenvalue weighted by molar-refractivity contribution is -0.163. The molecule has 0 heterocycles. The Kier molecular flexibility index (Phi) is 17.1. The number of hydrogen-bond donors (Lipinski definition) is 5. The summed E-state index contributed by atoms with van der Waals surface area (Å²) in [5.74, 6) is -1.01. The number of aryl methyl sites for hydroxylation is 1. The molecular weight excluding hydrogens is 651 g/mol. The predicted octanol–water partition coefficient (Wildman–Crippen LogP) is 6.45. The molecule has 3 rings (SSSR count). The molecule has 0 aromatic heterocycles. The number of alkyl carbamates (subject to hydrolysis) is 1. The molecule has 1 fully saturated rings. The van der Waals surface area contributed by atoms with Crippen molar-refractivity contribution in [1.82, 2.24) is 10.6 Å². The van der Waals surface area contributed by atoms with E-state index in [0.29, 0.717) is 51.6 Å². The zero-order valence-electron chi connectivity index (χ0n) is 28.3. The third kappa shape index (κ3) is 14.2. The number of Topliss-reactive ketones (excluding diaryl/α,β-unsaturated/α-hetero) is 1. The first-order chi connectivity index (χ1) is 23.5. The first kappa shape index (κ1) is 40.1. The van der Waals surface area contributed by atoms with Crippen LogP contribution in [0.3, 0.4) is 0 Å². The van der Waals surface area contributed by atoms with Crippen LogP contribution in [0.15, 0.2) is 55.1 Å². The molecule has 1 saturated carbocycles. The quantitative estimate of drug-likeness (QED) is 0.0396. The van der Waals surface area contributed by atoms with Gasteiger partial charge in [-0.2, -0.15) is 0 Å². The maximum Gasteiger partial charge on any atom is 0.499 e. The Morgan fingerprint density at radius 2 is 1.63 bits per heavy atom. The Balaban J connectivity index is 1.26. The van der Waals surface area contributed by atoms with Gasteiger partial charge in [-0.15, -0.1) is 4.67 Å². The molecule has 5 N–H and O–H groups in total. The molecule has 2 amide bonds. The number of benzene rings is 2. The van der Waals surface area contributed by atoms with Crippen LogP contribution in [0.1, 0.15) is 92.6 Å². The van der Waals surface area contributed by atoms with Gasteiger partial charge in [-0.1, -0.05) is 74.0 Å². The van der Waals surface area contributed by atoms with Crippen LogP contribution in [0.5, 0.6) is 0 Å². The minimum Gasteiger partial charge on any atom is -0.441 e. The molecule has 0 saturated heterocycles. The fourth-order valence-electron chi connectivity index (χ4n) is 6.22. The van der Waals surface area contributed by atoms with Gasteiger partial charge in [0, 0.05) is 38.3 Å². The minimum atomic E-state index is -4.58. The molecule has 5 atom stereocenters. The fourth-order valence-corrected chi connectivity index (χ4v) is 6.65. The number of carbonyl (C=O) groups excluding carboxylic acids is 3. The zero-order valence-corrected chi connectivity index (χ0v) is 29.2. The maximum absolute atomic E-state index is 12.7. The molecule has 12 nitrogen and oxygen atoms in total. The average molecular weight is 703 g/mol. The molecule has 49 heavy (non-hydrogen) atoms. The standard InChI is InChI=1S/C36H51N2O10P/c1-3-27-15-9-10-16-28(27)23-34(31-17-11-8-14-26(31)2)47-36(42)38-21-13-5-7-19-35(41)37-20-12-4-6-18-33(40)32-24-30(39)22-29(32)25-46-49(44,45)48-43/h3,8-11,14-17,29-30,32,34,39,43H,1,4-7,12-13,18-25H2,2H3,(H,37,41)(H,38,42)(H,44,45)/t29-,30+,32?,34?/m0/s1. The van der Waals surface area contributed by atoms with E-state index in [1.54, 1.807) is 6.08 Å². The van der Waals surface area contributed by atoms with Crippen molar-refractivity contribution in [3.63, 3.8) is 0 Å². The largest absolute Gasteiger partial charge is 0.499 e. The Bertz CT molecular complexity index is 1420. The van der Waals surface area contributed by atoms with E-state index < -0.39 is 38.0 Å². The van der Waals surface area contributed by atoms with Crippen molar-refractivity contribution in [2.45, 2.75) is 89.8 Å². The van der Waals surface area contributed by atoms with Crippen molar-refractivity contribution in [3.05, 3.63) is 77.4 Å². The molecule has 13 heteroatoms. The van der Waals surface area contributed by atoms with E-state index >= 15 is 0 Å². The van der Waals surface area contributed by atoms with Crippen LogP contribution in [0.25, 0.3) is 6.08 Å². The Morgan fingerprint density at radius 3 is 2.35 bits per heavy atom. The van der Waals surface area contributed by atoms with Gasteiger partial charge in [-0.05, 0) is 73.6 Å². The van der Waals surface area contributed by atoms with Crippen LogP contribution in [-0.2, 0) is 34.5 Å². The van der Waals surface area contributed by atoms with Crippen molar-refractivity contribution < 1.29 is 48.1 Å². The van der Waals surface area contributed by atoms with Gasteiger partial charge < -0.3 is 25.4 Å². The molecule has 0 bridgehead atoms. The summed E-state index contributed by atoms with van der Waals surface area (Å²) in [6.45, 7) is 6.57. The summed E-state index contributed by atoms with van der Waals surface area (Å²) in [7, 11) is -4.58. The summed E-state index contributed by atoms with van der Waals surface area (Å²) in [6, 6.07) is 15.8. The normalized spacial score (nSPS) is 19.1. The van der Waals surface area contributed by atoms with Gasteiger partial charge in [0.2, 0.25) is 5.91 Å². The molecule has 0 radical (unpaired) electrons. The van der Waals surface area contributed by atoms with Gasteiger partial charge in [0.05, 0.1) is 12.7 Å². The maximum atomic E-state index is 12.7. The van der Waals surface area contributed by atoms with Gasteiger partial charge in [0.1, 0.15) is 11.9 Å². The lowest BCUT2D eigenvalue weighted by Crippen LogP contribution is -2.28. The van der Waals surface area contributed by atoms with Crippen molar-refractivity contribution in [3.8, 4) is 0 Å². The Morgan fingerprint density at radius 1 is 0.959 bits per heavy atom. The number of hydrogen-bond acceptors (Lipinski definition) is 9. The summed E-state index contributed by atoms with van der Waals surface area (Å²) >= 11 is 0. The first-order valence-electron chi connectivity index (χ1n) is 17.0. The number of aliphatic hydroxyl groups is 1. The van der Waals surface area contributed by atoms with Gasteiger partial charge >= 0.3 is 13.9 Å². The minimum absolute atomic E-state index is 0.0415. The lowest BCUT2D eigenvalue weighted by atomic mass is 9.90. The number of unbranched alkanes of at least 4 members (excludes halogenated alkanes) is 4. The van der Waals surface area contributed by atoms with E-state index in [0.717, 1.165) is 41.5 Å². The molecular formula is C36H51N2O10P. The van der Waals surface area contributed by atoms with Gasteiger partial charge in [-0.25, -0.2) is 14.6 Å². The van der Waals surface area contributed by atoms with E-state index in [-0.39, 0.29) is 31.1 Å². The summed E-state index contributed by atoms with van der Waals surface area (Å²) in [5.41, 5.74) is 4.05. The average Bonchev–Trinajstić information content (AvgIpc) is 3.47. The smallest absolute Gasteiger partial charge is 0.441 e. The number of nitrogens with one attached hydrogen (secondary N) is 2. The van der Waals surface area contributed by atoms with Crippen molar-refractivity contribution >= 4 is 31.7 Å². The van der Waals surface area contributed by atoms with E-state index in [9.17, 15) is 28.9 Å². The summed E-state index contributed by atoms with van der Waals surface area (Å²) in [4.78, 5) is 46.9. The molecule has 1 aliphatic carbocycles. The first-order valence-corrected chi connectivity index (χ1v) is 18.5. The predicted molar refractivity (Wildman–Crippen MR) is 185 cm³/mol. The molecule has 1 aliphatic rings. The van der Waals surface area contributed by atoms with Crippen molar-refractivity contribution in [2.75, 3.05) is 19.7 Å². The molecule has 2 aromatic carbocycles. The highest BCUT2D eigenvalue weighted by atomic mass is 31.2. The number of phosphoric acid groups is 1. The summed E-state index contributed by atoms with van der Waals surface area (Å²) in [5, 5.41) is 24.1. The topological polar surface area (TPSA) is 181 Å². The highest BCUT2D eigenvalue weighted by Gasteiger charge is 2.39. The third-order valence-electron chi connectivity index (χ3n) is 8.88. The molecule has 3 unspecified atom stereocenters. The third-order valence-corrected chi connectivity index (χ3v) is 9.56. The Labute approximate surface area is 288 Å². The number of rotatable bonds is 22. The van der Waals surface area contributed by atoms with Crippen LogP contribution >= 0.6 is 7.82 Å². The highest BCUT2D eigenvalue weighted by molar-refractivity contribution is 7.47. The van der Waals surface area contributed by atoms with Crippen LogP contribution < -0.4 is 10.6 Å². The van der Waals surface area contributed by atoms with Crippen LogP contribution in [0.4, 0.5) is 4.79 Å². The second-order valence-corrected chi connectivity index (χ2v) is 13.9. The van der Waals surface area contributed by atoms with Crippen molar-refractivity contribution in [2.24, 2.45) is 11.8 Å².